The van der Waals surface area contributed by atoms with Gasteiger partial charge in [0.25, 0.3) is 0 Å². The Bertz CT molecular complexity index is 712. The van der Waals surface area contributed by atoms with E-state index in [0.29, 0.717) is 22.9 Å². The molecule has 0 aromatic carbocycles. The highest BCUT2D eigenvalue weighted by atomic mass is 32.2. The summed E-state index contributed by atoms with van der Waals surface area (Å²) in [4.78, 5) is 1.18. The van der Waals surface area contributed by atoms with Gasteiger partial charge in [-0.2, -0.15) is 0 Å². The third-order valence-electron chi connectivity index (χ3n) is 3.22. The monoisotopic (exact) mass is 329 g/mol. The van der Waals surface area contributed by atoms with Crippen LogP contribution in [0, 0.1) is 20.8 Å². The average molecular weight is 329 g/mol. The Morgan fingerprint density at radius 1 is 1.29 bits per heavy atom. The van der Waals surface area contributed by atoms with E-state index in [0.717, 1.165) is 16.0 Å². The van der Waals surface area contributed by atoms with Crippen LogP contribution < -0.4 is 10.0 Å². The van der Waals surface area contributed by atoms with Crippen LogP contribution in [0.3, 0.4) is 0 Å². The van der Waals surface area contributed by atoms with E-state index in [-0.39, 0.29) is 6.54 Å². The molecule has 2 aromatic rings. The maximum atomic E-state index is 12.5. The van der Waals surface area contributed by atoms with Gasteiger partial charge in [-0.05, 0) is 38.8 Å². The molecule has 0 amide bonds. The number of hydrogen-bond donors (Lipinski definition) is 2. The summed E-state index contributed by atoms with van der Waals surface area (Å²) in [5, 5.41) is 8.68. The van der Waals surface area contributed by atoms with Gasteiger partial charge < -0.3 is 9.84 Å². The van der Waals surface area contributed by atoms with Gasteiger partial charge in [0.15, 0.2) is 0 Å². The number of aryl methyl sites for hydroxylation is 3. The van der Waals surface area contributed by atoms with Crippen LogP contribution in [0.25, 0.3) is 0 Å². The molecule has 0 bridgehead atoms. The van der Waals surface area contributed by atoms with Crippen LogP contribution in [0.1, 0.15) is 27.5 Å². The summed E-state index contributed by atoms with van der Waals surface area (Å²) in [5.41, 5.74) is 2.24. The van der Waals surface area contributed by atoms with Crippen molar-refractivity contribution < 1.29 is 12.9 Å². The molecule has 0 aliphatic heterocycles. The second kappa shape index (κ2) is 6.27. The van der Waals surface area contributed by atoms with Gasteiger partial charge in [-0.25, -0.2) is 13.1 Å². The van der Waals surface area contributed by atoms with Gasteiger partial charge >= 0.3 is 0 Å². The van der Waals surface area contributed by atoms with Gasteiger partial charge in [0.05, 0.1) is 5.69 Å². The topological polar surface area (TPSA) is 84.2 Å². The maximum Gasteiger partial charge on any atom is 0.242 e. The summed E-state index contributed by atoms with van der Waals surface area (Å²) in [5.74, 6) is 0.632. The van der Waals surface area contributed by atoms with Crippen molar-refractivity contribution in [1.29, 1.82) is 0 Å². The molecule has 0 saturated heterocycles. The Balaban J connectivity index is 2.25. The van der Waals surface area contributed by atoms with Crippen molar-refractivity contribution in [2.24, 2.45) is 0 Å². The molecule has 21 heavy (non-hydrogen) atoms. The minimum Gasteiger partial charge on any atom is -0.361 e. The number of thiophene rings is 1. The largest absolute Gasteiger partial charge is 0.361 e. The van der Waals surface area contributed by atoms with Crippen LogP contribution in [0.5, 0.6) is 0 Å². The van der Waals surface area contributed by atoms with Crippen LogP contribution in [0.15, 0.2) is 14.8 Å². The summed E-state index contributed by atoms with van der Waals surface area (Å²) in [6.45, 7) is 6.08. The van der Waals surface area contributed by atoms with Crippen molar-refractivity contribution in [2.45, 2.75) is 38.8 Å². The third-order valence-corrected chi connectivity index (χ3v) is 6.08. The Morgan fingerprint density at radius 3 is 2.57 bits per heavy atom. The molecule has 0 aliphatic rings. The molecule has 8 heteroatoms. The summed E-state index contributed by atoms with van der Waals surface area (Å²) in [7, 11) is -1.76. The minimum atomic E-state index is -3.56. The first-order chi connectivity index (χ1) is 9.86. The van der Waals surface area contributed by atoms with Gasteiger partial charge in [-0.15, -0.1) is 11.3 Å². The molecule has 0 aliphatic carbocycles. The second-order valence-corrected chi connectivity index (χ2v) is 7.50. The number of nitrogens with one attached hydrogen (secondary N) is 2. The Labute approximate surface area is 128 Å². The molecule has 2 rings (SSSR count). The van der Waals surface area contributed by atoms with Gasteiger partial charge in [0, 0.05) is 23.5 Å². The molecule has 2 heterocycles. The van der Waals surface area contributed by atoms with E-state index in [2.05, 4.69) is 15.2 Å². The number of hydrogen-bond acceptors (Lipinski definition) is 6. The number of aromatic nitrogens is 1. The molecule has 0 unspecified atom stereocenters. The van der Waals surface area contributed by atoms with Crippen molar-refractivity contribution >= 4 is 21.4 Å². The highest BCUT2D eigenvalue weighted by Gasteiger charge is 2.23. The zero-order valence-electron chi connectivity index (χ0n) is 12.5. The molecular formula is C13H19N3O3S2. The first-order valence-corrected chi connectivity index (χ1v) is 8.86. The molecular weight excluding hydrogens is 310 g/mol. The van der Waals surface area contributed by atoms with E-state index in [4.69, 9.17) is 4.52 Å². The summed E-state index contributed by atoms with van der Waals surface area (Å²) >= 11 is 1.44. The fourth-order valence-corrected chi connectivity index (χ4v) is 4.94. The van der Waals surface area contributed by atoms with E-state index < -0.39 is 10.0 Å². The second-order valence-electron chi connectivity index (χ2n) is 4.83. The van der Waals surface area contributed by atoms with Crippen molar-refractivity contribution in [1.82, 2.24) is 15.2 Å². The van der Waals surface area contributed by atoms with Gasteiger partial charge in [-0.3, -0.25) is 0 Å². The average Bonchev–Trinajstić information content (AvgIpc) is 2.92. The number of rotatable bonds is 6. The molecule has 0 spiro atoms. The Kier molecular flexibility index (Phi) is 4.82. The lowest BCUT2D eigenvalue weighted by Crippen LogP contribution is -2.25. The lowest BCUT2D eigenvalue weighted by Gasteiger charge is -2.09. The van der Waals surface area contributed by atoms with E-state index in [1.807, 2.05) is 5.38 Å². The van der Waals surface area contributed by atoms with Gasteiger partial charge in [-0.1, -0.05) is 5.16 Å². The molecule has 0 saturated carbocycles. The van der Waals surface area contributed by atoms with Crippen LogP contribution in [-0.2, 0) is 23.1 Å². The standard InChI is InChI=1S/C13H19N3O3S2/c1-8-7-20-12(6-14-4)13(8)21(17,18)15-5-11-9(2)16-19-10(11)3/h7,14-15H,5-6H2,1-4H3. The van der Waals surface area contributed by atoms with Crippen LogP contribution in [-0.4, -0.2) is 20.6 Å². The fraction of sp³-hybridized carbons (Fsp3) is 0.462. The Morgan fingerprint density at radius 2 is 2.00 bits per heavy atom. The van der Waals surface area contributed by atoms with E-state index in [1.54, 1.807) is 27.8 Å². The molecule has 0 fully saturated rings. The zero-order valence-corrected chi connectivity index (χ0v) is 14.1. The SMILES string of the molecule is CNCc1scc(C)c1S(=O)(=O)NCc1c(C)noc1C. The normalized spacial score (nSPS) is 12.0. The van der Waals surface area contributed by atoms with Crippen LogP contribution >= 0.6 is 11.3 Å². The quantitative estimate of drug-likeness (QED) is 0.845. The van der Waals surface area contributed by atoms with Gasteiger partial charge in [0.1, 0.15) is 10.7 Å². The minimum absolute atomic E-state index is 0.178. The predicted octanol–water partition coefficient (Wildman–Crippen LogP) is 1.86. The fourth-order valence-electron chi connectivity index (χ4n) is 2.12. The maximum absolute atomic E-state index is 12.5. The Hall–Kier alpha value is -1.22. The van der Waals surface area contributed by atoms with E-state index in [1.165, 1.54) is 11.3 Å². The first-order valence-electron chi connectivity index (χ1n) is 6.49. The third kappa shape index (κ3) is 3.34. The molecule has 2 aromatic heterocycles. The summed E-state index contributed by atoms with van der Waals surface area (Å²) in [6.07, 6.45) is 0. The highest BCUT2D eigenvalue weighted by molar-refractivity contribution is 7.89. The smallest absolute Gasteiger partial charge is 0.242 e. The summed E-state index contributed by atoms with van der Waals surface area (Å²) in [6, 6.07) is 0. The van der Waals surface area contributed by atoms with Crippen molar-refractivity contribution in [2.75, 3.05) is 7.05 Å². The van der Waals surface area contributed by atoms with Crippen LogP contribution in [0.2, 0.25) is 0 Å². The zero-order chi connectivity index (χ0) is 15.6. The highest BCUT2D eigenvalue weighted by Crippen LogP contribution is 2.27. The van der Waals surface area contributed by atoms with Crippen molar-refractivity contribution in [3.05, 3.63) is 32.8 Å². The predicted molar refractivity (Wildman–Crippen MR) is 81.8 cm³/mol. The lowest BCUT2D eigenvalue weighted by molar-refractivity contribution is 0.392. The summed E-state index contributed by atoms with van der Waals surface area (Å²) < 4.78 is 32.8. The van der Waals surface area contributed by atoms with E-state index >= 15 is 0 Å². The van der Waals surface area contributed by atoms with E-state index in [9.17, 15) is 8.42 Å². The van der Waals surface area contributed by atoms with Crippen molar-refractivity contribution in [3.8, 4) is 0 Å². The van der Waals surface area contributed by atoms with Crippen molar-refractivity contribution in [3.63, 3.8) is 0 Å². The number of nitrogens with zero attached hydrogens (tertiary/aromatic N) is 1. The lowest BCUT2D eigenvalue weighted by atomic mass is 10.2. The first kappa shape index (κ1) is 16.2. The number of sulfonamides is 1. The molecule has 6 nitrogen and oxygen atoms in total. The molecule has 0 radical (unpaired) electrons. The van der Waals surface area contributed by atoms with Gasteiger partial charge in [0.2, 0.25) is 10.0 Å². The molecule has 116 valence electrons. The molecule has 2 N–H and O–H groups in total. The van der Waals surface area contributed by atoms with Crippen LogP contribution in [0.4, 0.5) is 0 Å². The molecule has 0 atom stereocenters.